The highest BCUT2D eigenvalue weighted by molar-refractivity contribution is 6.30. The fourth-order valence-electron chi connectivity index (χ4n) is 1.97. The van der Waals surface area contributed by atoms with Crippen LogP contribution in [0.2, 0.25) is 5.02 Å². The van der Waals surface area contributed by atoms with Crippen LogP contribution in [0.5, 0.6) is 0 Å². The fraction of sp³-hybridized carbons (Fsp3) is 0.167. The van der Waals surface area contributed by atoms with Crippen molar-refractivity contribution in [3.63, 3.8) is 0 Å². The molecule has 124 valence electrons. The Morgan fingerprint density at radius 2 is 1.71 bits per heavy atom. The van der Waals surface area contributed by atoms with Gasteiger partial charge >= 0.3 is 0 Å². The number of hydrogen-bond acceptors (Lipinski definition) is 3. The Balaban J connectivity index is 1.66. The maximum absolute atomic E-state index is 11.7. The van der Waals surface area contributed by atoms with E-state index in [2.05, 4.69) is 15.8 Å². The molecule has 2 aromatic carbocycles. The summed E-state index contributed by atoms with van der Waals surface area (Å²) in [5, 5.41) is 7.14. The SMILES string of the molecule is O=C(CC(=O)N/N=C/c1ccc(Cl)cc1)NCCc1ccccc1. The second-order valence-electron chi connectivity index (χ2n) is 5.11. The summed E-state index contributed by atoms with van der Waals surface area (Å²) in [7, 11) is 0. The summed E-state index contributed by atoms with van der Waals surface area (Å²) >= 11 is 5.78. The second-order valence-corrected chi connectivity index (χ2v) is 5.54. The van der Waals surface area contributed by atoms with E-state index in [1.165, 1.54) is 6.21 Å². The van der Waals surface area contributed by atoms with E-state index < -0.39 is 5.91 Å². The first kappa shape index (κ1) is 17.7. The predicted octanol–water partition coefficient (Wildman–Crippen LogP) is 2.54. The van der Waals surface area contributed by atoms with Crippen LogP contribution >= 0.6 is 11.6 Å². The van der Waals surface area contributed by atoms with Gasteiger partial charge in [-0.05, 0) is 29.7 Å². The minimum atomic E-state index is -0.461. The average molecular weight is 344 g/mol. The number of hydrazone groups is 1. The number of nitrogens with zero attached hydrogens (tertiary/aromatic N) is 1. The molecule has 0 aliphatic rings. The van der Waals surface area contributed by atoms with Crippen LogP contribution in [0.3, 0.4) is 0 Å². The summed E-state index contributed by atoms with van der Waals surface area (Å²) in [5.41, 5.74) is 4.25. The quantitative estimate of drug-likeness (QED) is 0.461. The van der Waals surface area contributed by atoms with Crippen molar-refractivity contribution in [3.8, 4) is 0 Å². The largest absolute Gasteiger partial charge is 0.355 e. The van der Waals surface area contributed by atoms with Crippen molar-refractivity contribution in [2.24, 2.45) is 5.10 Å². The molecule has 0 spiro atoms. The van der Waals surface area contributed by atoms with E-state index >= 15 is 0 Å². The highest BCUT2D eigenvalue weighted by atomic mass is 35.5. The van der Waals surface area contributed by atoms with E-state index in [4.69, 9.17) is 11.6 Å². The van der Waals surface area contributed by atoms with Gasteiger partial charge in [-0.25, -0.2) is 5.43 Å². The Hall–Kier alpha value is -2.66. The third-order valence-corrected chi connectivity index (χ3v) is 3.42. The standard InChI is InChI=1S/C18H18ClN3O2/c19-16-8-6-15(7-9-16)13-21-22-18(24)12-17(23)20-11-10-14-4-2-1-3-5-14/h1-9,13H,10-12H2,(H,20,23)(H,22,24)/b21-13+. The van der Waals surface area contributed by atoms with E-state index in [0.717, 1.165) is 17.5 Å². The molecule has 0 saturated heterocycles. The topological polar surface area (TPSA) is 70.6 Å². The number of halogens is 1. The van der Waals surface area contributed by atoms with Gasteiger partial charge in [0.25, 0.3) is 0 Å². The molecule has 24 heavy (non-hydrogen) atoms. The van der Waals surface area contributed by atoms with Gasteiger partial charge < -0.3 is 5.32 Å². The molecule has 6 heteroatoms. The molecule has 0 aliphatic heterocycles. The van der Waals surface area contributed by atoms with Crippen LogP contribution < -0.4 is 10.7 Å². The van der Waals surface area contributed by atoms with E-state index in [-0.39, 0.29) is 12.3 Å². The highest BCUT2D eigenvalue weighted by Crippen LogP contribution is 2.07. The third kappa shape index (κ3) is 6.62. The normalized spacial score (nSPS) is 10.5. The smallest absolute Gasteiger partial charge is 0.249 e. The summed E-state index contributed by atoms with van der Waals surface area (Å²) in [6.07, 6.45) is 1.96. The highest BCUT2D eigenvalue weighted by Gasteiger charge is 2.07. The molecule has 0 bridgehead atoms. The molecule has 2 aromatic rings. The Morgan fingerprint density at radius 1 is 1.00 bits per heavy atom. The molecule has 0 aromatic heterocycles. The first-order chi connectivity index (χ1) is 11.6. The van der Waals surface area contributed by atoms with Crippen LogP contribution in [0.25, 0.3) is 0 Å². The summed E-state index contributed by atoms with van der Waals surface area (Å²) < 4.78 is 0. The van der Waals surface area contributed by atoms with Crippen LogP contribution in [0.4, 0.5) is 0 Å². The first-order valence-corrected chi connectivity index (χ1v) is 7.89. The second kappa shape index (κ2) is 9.47. The van der Waals surface area contributed by atoms with E-state index in [0.29, 0.717) is 11.6 Å². The molecule has 0 unspecified atom stereocenters. The Labute approximate surface area is 145 Å². The molecular formula is C18H18ClN3O2. The number of benzene rings is 2. The Morgan fingerprint density at radius 3 is 2.42 bits per heavy atom. The Bertz CT molecular complexity index is 700. The molecule has 0 radical (unpaired) electrons. The van der Waals surface area contributed by atoms with Crippen LogP contribution in [-0.2, 0) is 16.0 Å². The molecule has 5 nitrogen and oxygen atoms in total. The van der Waals surface area contributed by atoms with Crippen molar-refractivity contribution in [1.29, 1.82) is 0 Å². The minimum Gasteiger partial charge on any atom is -0.355 e. The van der Waals surface area contributed by atoms with Gasteiger partial charge in [-0.15, -0.1) is 0 Å². The van der Waals surface area contributed by atoms with E-state index in [1.54, 1.807) is 24.3 Å². The van der Waals surface area contributed by atoms with E-state index in [1.807, 2.05) is 30.3 Å². The number of carbonyl (C=O) groups excluding carboxylic acids is 2. The molecule has 0 saturated carbocycles. The number of carbonyl (C=O) groups is 2. The zero-order chi connectivity index (χ0) is 17.2. The first-order valence-electron chi connectivity index (χ1n) is 7.51. The van der Waals surface area contributed by atoms with Gasteiger partial charge in [-0.3, -0.25) is 9.59 Å². The van der Waals surface area contributed by atoms with Gasteiger partial charge in [0.2, 0.25) is 11.8 Å². The van der Waals surface area contributed by atoms with Gasteiger partial charge in [0.15, 0.2) is 0 Å². The zero-order valence-corrected chi connectivity index (χ0v) is 13.8. The average Bonchev–Trinajstić information content (AvgIpc) is 2.57. The fourth-order valence-corrected chi connectivity index (χ4v) is 2.09. The molecule has 0 fully saturated rings. The molecule has 2 N–H and O–H groups in total. The molecule has 0 heterocycles. The minimum absolute atomic E-state index is 0.257. The summed E-state index contributed by atoms with van der Waals surface area (Å²) in [4.78, 5) is 23.3. The van der Waals surface area contributed by atoms with Crippen LogP contribution in [0.15, 0.2) is 59.7 Å². The molecule has 0 atom stereocenters. The maximum atomic E-state index is 11.7. The van der Waals surface area contributed by atoms with Gasteiger partial charge in [-0.2, -0.15) is 5.10 Å². The third-order valence-electron chi connectivity index (χ3n) is 3.17. The van der Waals surface area contributed by atoms with E-state index in [9.17, 15) is 9.59 Å². The van der Waals surface area contributed by atoms with Gasteiger partial charge in [0, 0.05) is 11.6 Å². The van der Waals surface area contributed by atoms with Crippen molar-refractivity contribution in [2.45, 2.75) is 12.8 Å². The zero-order valence-electron chi connectivity index (χ0n) is 13.0. The molecule has 2 rings (SSSR count). The van der Waals surface area contributed by atoms with Crippen molar-refractivity contribution < 1.29 is 9.59 Å². The molecule has 0 aliphatic carbocycles. The van der Waals surface area contributed by atoms with Crippen molar-refractivity contribution in [1.82, 2.24) is 10.7 Å². The van der Waals surface area contributed by atoms with Gasteiger partial charge in [-0.1, -0.05) is 54.1 Å². The monoisotopic (exact) mass is 343 g/mol. The van der Waals surface area contributed by atoms with Crippen molar-refractivity contribution in [2.75, 3.05) is 6.54 Å². The maximum Gasteiger partial charge on any atom is 0.249 e. The lowest BCUT2D eigenvalue weighted by Crippen LogP contribution is -2.31. The molecular weight excluding hydrogens is 326 g/mol. The van der Waals surface area contributed by atoms with Crippen LogP contribution in [-0.4, -0.2) is 24.6 Å². The van der Waals surface area contributed by atoms with Gasteiger partial charge in [0.1, 0.15) is 6.42 Å². The number of rotatable bonds is 7. The van der Waals surface area contributed by atoms with Gasteiger partial charge in [0.05, 0.1) is 6.21 Å². The summed E-state index contributed by atoms with van der Waals surface area (Å²) in [6, 6.07) is 16.8. The lowest BCUT2D eigenvalue weighted by atomic mass is 10.1. The Kier molecular flexibility index (Phi) is 6.98. The molecule has 2 amide bonds. The number of amides is 2. The lowest BCUT2D eigenvalue weighted by molar-refractivity contribution is -0.129. The number of hydrogen-bond donors (Lipinski definition) is 2. The predicted molar refractivity (Wildman–Crippen MR) is 95.0 cm³/mol. The summed E-state index contributed by atoms with van der Waals surface area (Å²) in [6.45, 7) is 0.490. The lowest BCUT2D eigenvalue weighted by Gasteiger charge is -2.04. The van der Waals surface area contributed by atoms with Crippen LogP contribution in [0.1, 0.15) is 17.5 Å². The summed E-state index contributed by atoms with van der Waals surface area (Å²) in [5.74, 6) is -0.789. The van der Waals surface area contributed by atoms with Crippen LogP contribution in [0, 0.1) is 0 Å². The number of nitrogens with one attached hydrogen (secondary N) is 2. The van der Waals surface area contributed by atoms with Crippen molar-refractivity contribution in [3.05, 3.63) is 70.7 Å². The van der Waals surface area contributed by atoms with Crippen molar-refractivity contribution >= 4 is 29.6 Å².